The number of benzene rings is 1. The molecule has 0 radical (unpaired) electrons. The van der Waals surface area contributed by atoms with Crippen LogP contribution in [-0.4, -0.2) is 12.2 Å². The highest BCUT2D eigenvalue weighted by Crippen LogP contribution is 2.13. The Balaban J connectivity index is 1.91. The summed E-state index contributed by atoms with van der Waals surface area (Å²) in [7, 11) is 0. The van der Waals surface area contributed by atoms with Crippen molar-refractivity contribution in [2.24, 2.45) is 0 Å². The minimum Gasteiger partial charge on any atom is -0.455 e. The quantitative estimate of drug-likeness (QED) is 0.913. The predicted octanol–water partition coefficient (Wildman–Crippen LogP) is 3.21. The average Bonchev–Trinajstić information content (AvgIpc) is 2.87. The smallest absolute Gasteiger partial charge is 0.287 e. The van der Waals surface area contributed by atoms with E-state index in [9.17, 15) is 9.18 Å². The molecule has 3 nitrogen and oxygen atoms in total. The van der Waals surface area contributed by atoms with Crippen LogP contribution in [0.1, 0.15) is 21.9 Å². The molecule has 0 spiro atoms. The first-order valence-electron chi connectivity index (χ1n) is 5.79. The van der Waals surface area contributed by atoms with E-state index in [4.69, 9.17) is 4.42 Å². The van der Waals surface area contributed by atoms with E-state index in [0.717, 1.165) is 17.1 Å². The van der Waals surface area contributed by atoms with Crippen LogP contribution in [0.25, 0.3) is 0 Å². The van der Waals surface area contributed by atoms with Crippen LogP contribution in [0.5, 0.6) is 0 Å². The number of amides is 1. The summed E-state index contributed by atoms with van der Waals surface area (Å²) in [4.78, 5) is 11.8. The highest BCUT2D eigenvalue weighted by Gasteiger charge is 2.10. The number of hydrogen-bond acceptors (Lipinski definition) is 3. The Morgan fingerprint density at radius 2 is 2.00 bits per heavy atom. The molecule has 0 aliphatic carbocycles. The summed E-state index contributed by atoms with van der Waals surface area (Å²) in [6.45, 7) is 0.345. The van der Waals surface area contributed by atoms with Gasteiger partial charge in [-0.15, -0.1) is 0 Å². The molecule has 5 heteroatoms. The fourth-order valence-electron chi connectivity index (χ4n) is 1.59. The molecule has 0 aliphatic rings. The molecule has 1 N–H and O–H groups in total. The predicted molar refractivity (Wildman–Crippen MR) is 73.5 cm³/mol. The Hall–Kier alpha value is -1.75. The second kappa shape index (κ2) is 6.43. The molecular formula is C14H14FNO2S. The molecule has 0 aliphatic heterocycles. The largest absolute Gasteiger partial charge is 0.455 e. The lowest BCUT2D eigenvalue weighted by atomic mass is 10.2. The van der Waals surface area contributed by atoms with Gasteiger partial charge in [0, 0.05) is 6.54 Å². The molecule has 0 saturated carbocycles. The van der Waals surface area contributed by atoms with Gasteiger partial charge in [0.2, 0.25) is 0 Å². The standard InChI is InChI=1S/C14H14FNO2S/c1-19-9-12-6-7-13(18-12)14(17)16-8-10-2-4-11(15)5-3-10/h2-7H,8-9H2,1H3,(H,16,17). The summed E-state index contributed by atoms with van der Waals surface area (Å²) < 4.78 is 18.1. The number of hydrogen-bond donors (Lipinski definition) is 1. The Kier molecular flexibility index (Phi) is 4.63. The first kappa shape index (κ1) is 13.7. The maximum absolute atomic E-state index is 12.7. The van der Waals surface area contributed by atoms with Crippen molar-refractivity contribution in [3.63, 3.8) is 0 Å². The molecule has 1 aromatic heterocycles. The van der Waals surface area contributed by atoms with E-state index < -0.39 is 0 Å². The fourth-order valence-corrected chi connectivity index (χ4v) is 2.03. The third-order valence-electron chi connectivity index (χ3n) is 2.54. The molecule has 100 valence electrons. The van der Waals surface area contributed by atoms with Crippen LogP contribution in [-0.2, 0) is 12.3 Å². The SMILES string of the molecule is CSCc1ccc(C(=O)NCc2ccc(F)cc2)o1. The van der Waals surface area contributed by atoms with Gasteiger partial charge in [0.05, 0.1) is 5.75 Å². The summed E-state index contributed by atoms with van der Waals surface area (Å²) in [5.74, 6) is 1.26. The number of nitrogens with one attached hydrogen (secondary N) is 1. The van der Waals surface area contributed by atoms with Crippen LogP contribution in [0.2, 0.25) is 0 Å². The van der Waals surface area contributed by atoms with E-state index in [1.165, 1.54) is 12.1 Å². The van der Waals surface area contributed by atoms with Crippen LogP contribution in [0.3, 0.4) is 0 Å². The van der Waals surface area contributed by atoms with E-state index in [0.29, 0.717) is 12.3 Å². The maximum Gasteiger partial charge on any atom is 0.287 e. The molecule has 0 fully saturated rings. The molecule has 0 saturated heterocycles. The van der Waals surface area contributed by atoms with E-state index in [2.05, 4.69) is 5.32 Å². The fraction of sp³-hybridized carbons (Fsp3) is 0.214. The van der Waals surface area contributed by atoms with Gasteiger partial charge >= 0.3 is 0 Å². The van der Waals surface area contributed by atoms with Gasteiger partial charge in [0.1, 0.15) is 11.6 Å². The van der Waals surface area contributed by atoms with Gasteiger partial charge in [-0.25, -0.2) is 4.39 Å². The van der Waals surface area contributed by atoms with Gasteiger partial charge in [0.25, 0.3) is 5.91 Å². The summed E-state index contributed by atoms with van der Waals surface area (Å²) in [5.41, 5.74) is 0.839. The van der Waals surface area contributed by atoms with Gasteiger partial charge in [0.15, 0.2) is 5.76 Å². The summed E-state index contributed by atoms with van der Waals surface area (Å²) >= 11 is 1.63. The van der Waals surface area contributed by atoms with Gasteiger partial charge < -0.3 is 9.73 Å². The van der Waals surface area contributed by atoms with Crippen molar-refractivity contribution in [3.8, 4) is 0 Å². The van der Waals surface area contributed by atoms with Crippen LogP contribution in [0.4, 0.5) is 4.39 Å². The third kappa shape index (κ3) is 3.86. The number of carbonyl (C=O) groups is 1. The lowest BCUT2D eigenvalue weighted by Crippen LogP contribution is -2.22. The molecule has 0 unspecified atom stereocenters. The zero-order valence-corrected chi connectivity index (χ0v) is 11.3. The Morgan fingerprint density at radius 1 is 1.26 bits per heavy atom. The van der Waals surface area contributed by atoms with Crippen LogP contribution in [0.15, 0.2) is 40.8 Å². The Morgan fingerprint density at radius 3 is 2.68 bits per heavy atom. The highest BCUT2D eigenvalue weighted by atomic mass is 32.2. The normalized spacial score (nSPS) is 10.4. The topological polar surface area (TPSA) is 42.2 Å². The van der Waals surface area contributed by atoms with Crippen molar-refractivity contribution in [2.45, 2.75) is 12.3 Å². The van der Waals surface area contributed by atoms with E-state index in [1.807, 2.05) is 6.26 Å². The first-order valence-corrected chi connectivity index (χ1v) is 7.18. The zero-order chi connectivity index (χ0) is 13.7. The van der Waals surface area contributed by atoms with E-state index in [-0.39, 0.29) is 11.7 Å². The second-order valence-corrected chi connectivity index (χ2v) is 4.87. The number of thioether (sulfide) groups is 1. The zero-order valence-electron chi connectivity index (χ0n) is 10.5. The minimum absolute atomic E-state index is 0.267. The van der Waals surface area contributed by atoms with Crippen LogP contribution in [0, 0.1) is 5.82 Å². The highest BCUT2D eigenvalue weighted by molar-refractivity contribution is 7.97. The molecular weight excluding hydrogens is 265 g/mol. The number of furan rings is 1. The molecule has 19 heavy (non-hydrogen) atoms. The van der Waals surface area contributed by atoms with Crippen LogP contribution >= 0.6 is 11.8 Å². The lowest BCUT2D eigenvalue weighted by Gasteiger charge is -2.03. The van der Waals surface area contributed by atoms with Gasteiger partial charge in [-0.3, -0.25) is 4.79 Å². The first-order chi connectivity index (χ1) is 9.19. The van der Waals surface area contributed by atoms with Gasteiger partial charge in [-0.2, -0.15) is 11.8 Å². The van der Waals surface area contributed by atoms with Crippen molar-refractivity contribution in [2.75, 3.05) is 6.26 Å². The molecule has 0 bridgehead atoms. The minimum atomic E-state index is -0.289. The molecule has 0 atom stereocenters. The van der Waals surface area contributed by atoms with E-state index >= 15 is 0 Å². The molecule has 1 aromatic carbocycles. The maximum atomic E-state index is 12.7. The van der Waals surface area contributed by atoms with Crippen molar-refractivity contribution >= 4 is 17.7 Å². The number of rotatable bonds is 5. The van der Waals surface area contributed by atoms with Gasteiger partial charge in [-0.05, 0) is 36.1 Å². The average molecular weight is 279 g/mol. The van der Waals surface area contributed by atoms with Crippen molar-refractivity contribution in [1.82, 2.24) is 5.32 Å². The Labute approximate surface area is 115 Å². The third-order valence-corrected chi connectivity index (χ3v) is 3.11. The summed E-state index contributed by atoms with van der Waals surface area (Å²) in [6.07, 6.45) is 1.97. The second-order valence-electron chi connectivity index (χ2n) is 4.01. The van der Waals surface area contributed by atoms with E-state index in [1.54, 1.807) is 36.0 Å². The van der Waals surface area contributed by atoms with Crippen molar-refractivity contribution < 1.29 is 13.6 Å². The van der Waals surface area contributed by atoms with Crippen molar-refractivity contribution in [1.29, 1.82) is 0 Å². The van der Waals surface area contributed by atoms with Crippen LogP contribution < -0.4 is 5.32 Å². The monoisotopic (exact) mass is 279 g/mol. The molecule has 1 heterocycles. The summed E-state index contributed by atoms with van der Waals surface area (Å²) in [5, 5.41) is 2.73. The lowest BCUT2D eigenvalue weighted by molar-refractivity contribution is 0.0922. The number of carbonyl (C=O) groups excluding carboxylic acids is 1. The molecule has 1 amide bonds. The molecule has 2 aromatic rings. The summed E-state index contributed by atoms with van der Waals surface area (Å²) in [6, 6.07) is 9.46. The Bertz CT molecular complexity index is 551. The van der Waals surface area contributed by atoms with Crippen molar-refractivity contribution in [3.05, 3.63) is 59.3 Å². The van der Waals surface area contributed by atoms with Gasteiger partial charge in [-0.1, -0.05) is 12.1 Å². The number of halogens is 1. The molecule has 2 rings (SSSR count).